The molecule has 0 spiro atoms. The van der Waals surface area contributed by atoms with Gasteiger partial charge < -0.3 is 5.32 Å². The lowest BCUT2D eigenvalue weighted by Crippen LogP contribution is -2.38. The number of nitrogens with zero attached hydrogens (tertiary/aromatic N) is 1. The summed E-state index contributed by atoms with van der Waals surface area (Å²) in [6.07, 6.45) is 0.133. The van der Waals surface area contributed by atoms with E-state index in [4.69, 9.17) is 23.2 Å². The molecule has 1 fully saturated rings. The van der Waals surface area contributed by atoms with E-state index in [1.54, 1.807) is 29.5 Å². The number of halogens is 2. The van der Waals surface area contributed by atoms with Crippen molar-refractivity contribution in [2.45, 2.75) is 19.0 Å². The van der Waals surface area contributed by atoms with Crippen LogP contribution in [0.25, 0.3) is 0 Å². The Bertz CT molecular complexity index is 698. The highest BCUT2D eigenvalue weighted by Gasteiger charge is 2.39. The van der Waals surface area contributed by atoms with E-state index in [9.17, 15) is 9.59 Å². The first kappa shape index (κ1) is 15.5. The van der Waals surface area contributed by atoms with E-state index in [1.807, 2.05) is 17.5 Å². The van der Waals surface area contributed by atoms with Crippen molar-refractivity contribution in [2.24, 2.45) is 0 Å². The van der Waals surface area contributed by atoms with Crippen LogP contribution in [-0.2, 0) is 16.1 Å². The molecular weight excluding hydrogens is 343 g/mol. The molecule has 1 aliphatic heterocycles. The van der Waals surface area contributed by atoms with Gasteiger partial charge in [0.15, 0.2) is 0 Å². The Hall–Kier alpha value is -1.40. The van der Waals surface area contributed by atoms with Gasteiger partial charge in [0.05, 0.1) is 18.2 Å². The molecule has 1 saturated heterocycles. The molecule has 4 nitrogen and oxygen atoms in total. The van der Waals surface area contributed by atoms with Crippen molar-refractivity contribution in [3.8, 4) is 0 Å². The van der Waals surface area contributed by atoms with Crippen LogP contribution in [0.15, 0.2) is 35.7 Å². The molecule has 0 unspecified atom stereocenters. The van der Waals surface area contributed by atoms with Crippen LogP contribution in [0.5, 0.6) is 0 Å². The Balaban J connectivity index is 1.76. The number of thiophene rings is 1. The second-order valence-electron chi connectivity index (χ2n) is 4.91. The monoisotopic (exact) mass is 354 g/mol. The molecule has 2 amide bonds. The van der Waals surface area contributed by atoms with Gasteiger partial charge in [0.25, 0.3) is 5.91 Å². The van der Waals surface area contributed by atoms with Crippen molar-refractivity contribution in [1.29, 1.82) is 0 Å². The largest absolute Gasteiger partial charge is 0.300 e. The maximum absolute atomic E-state index is 12.5. The minimum absolute atomic E-state index is 0.133. The zero-order chi connectivity index (χ0) is 15.7. The smallest absolute Gasteiger partial charge is 0.251 e. The van der Waals surface area contributed by atoms with Crippen LogP contribution in [-0.4, -0.2) is 17.9 Å². The third-order valence-electron chi connectivity index (χ3n) is 3.35. The van der Waals surface area contributed by atoms with Gasteiger partial charge >= 0.3 is 0 Å². The molecule has 1 aliphatic rings. The van der Waals surface area contributed by atoms with Gasteiger partial charge in [0.2, 0.25) is 5.91 Å². The Morgan fingerprint density at radius 3 is 2.59 bits per heavy atom. The van der Waals surface area contributed by atoms with E-state index in [0.717, 1.165) is 9.78 Å². The van der Waals surface area contributed by atoms with Crippen LogP contribution < -0.4 is 10.2 Å². The van der Waals surface area contributed by atoms with Gasteiger partial charge in [-0.25, -0.2) is 4.90 Å². The number of amides is 2. The van der Waals surface area contributed by atoms with Crippen LogP contribution in [0.1, 0.15) is 11.3 Å². The zero-order valence-corrected chi connectivity index (χ0v) is 13.7. The maximum Gasteiger partial charge on any atom is 0.251 e. The fourth-order valence-corrected chi connectivity index (χ4v) is 3.54. The number of benzene rings is 1. The van der Waals surface area contributed by atoms with Crippen molar-refractivity contribution >= 4 is 52.0 Å². The number of hydrogen-bond donors (Lipinski definition) is 1. The maximum atomic E-state index is 12.5. The molecule has 22 heavy (non-hydrogen) atoms. The molecule has 1 aromatic heterocycles. The lowest BCUT2D eigenvalue weighted by Gasteiger charge is -2.16. The summed E-state index contributed by atoms with van der Waals surface area (Å²) in [4.78, 5) is 26.9. The van der Waals surface area contributed by atoms with E-state index in [2.05, 4.69) is 5.32 Å². The Kier molecular flexibility index (Phi) is 4.49. The van der Waals surface area contributed by atoms with Crippen LogP contribution in [0.3, 0.4) is 0 Å². The SMILES string of the molecule is O=C1C[C@H](NCc2cccs2)C(=O)N1c1cc(Cl)cc(Cl)c1. The number of imide groups is 1. The summed E-state index contributed by atoms with van der Waals surface area (Å²) in [5.41, 5.74) is 0.410. The topological polar surface area (TPSA) is 49.4 Å². The van der Waals surface area contributed by atoms with Gasteiger partial charge in [-0.1, -0.05) is 29.3 Å². The molecule has 0 aliphatic carbocycles. The number of carbonyl (C=O) groups excluding carboxylic acids is 2. The zero-order valence-electron chi connectivity index (χ0n) is 11.4. The number of nitrogens with one attached hydrogen (secondary N) is 1. The highest BCUT2D eigenvalue weighted by molar-refractivity contribution is 7.09. The third kappa shape index (κ3) is 3.17. The highest BCUT2D eigenvalue weighted by Crippen LogP contribution is 2.29. The van der Waals surface area contributed by atoms with E-state index in [0.29, 0.717) is 22.3 Å². The second kappa shape index (κ2) is 6.38. The van der Waals surface area contributed by atoms with E-state index in [-0.39, 0.29) is 18.2 Å². The normalized spacial score (nSPS) is 18.3. The minimum Gasteiger partial charge on any atom is -0.300 e. The summed E-state index contributed by atoms with van der Waals surface area (Å²) in [5.74, 6) is -0.535. The molecule has 0 bridgehead atoms. The summed E-state index contributed by atoms with van der Waals surface area (Å²) in [6, 6.07) is 8.09. The molecule has 1 aromatic carbocycles. The number of anilines is 1. The second-order valence-corrected chi connectivity index (χ2v) is 6.82. The molecule has 2 heterocycles. The van der Waals surface area contributed by atoms with E-state index in [1.165, 1.54) is 0 Å². The summed E-state index contributed by atoms with van der Waals surface area (Å²) < 4.78 is 0. The Morgan fingerprint density at radius 1 is 1.23 bits per heavy atom. The summed E-state index contributed by atoms with van der Waals surface area (Å²) in [7, 11) is 0. The molecule has 114 valence electrons. The molecule has 0 saturated carbocycles. The van der Waals surface area contributed by atoms with Crippen molar-refractivity contribution in [3.05, 3.63) is 50.6 Å². The summed E-state index contributed by atoms with van der Waals surface area (Å²) in [6.45, 7) is 0.561. The van der Waals surface area contributed by atoms with Gasteiger partial charge in [-0.15, -0.1) is 11.3 Å². The molecule has 7 heteroatoms. The van der Waals surface area contributed by atoms with Gasteiger partial charge in [-0.2, -0.15) is 0 Å². The summed E-state index contributed by atoms with van der Waals surface area (Å²) in [5, 5.41) is 5.87. The molecule has 1 N–H and O–H groups in total. The molecule has 2 aromatic rings. The lowest BCUT2D eigenvalue weighted by atomic mass is 10.2. The minimum atomic E-state index is -0.521. The quantitative estimate of drug-likeness (QED) is 0.855. The van der Waals surface area contributed by atoms with Gasteiger partial charge in [-0.3, -0.25) is 9.59 Å². The number of rotatable bonds is 4. The number of carbonyl (C=O) groups is 2. The van der Waals surface area contributed by atoms with Crippen LogP contribution in [0.4, 0.5) is 5.69 Å². The van der Waals surface area contributed by atoms with E-state index >= 15 is 0 Å². The van der Waals surface area contributed by atoms with Gasteiger partial charge in [-0.05, 0) is 29.6 Å². The van der Waals surface area contributed by atoms with Crippen LogP contribution >= 0.6 is 34.5 Å². The standard InChI is InChI=1S/C15H12Cl2N2O2S/c16-9-4-10(17)6-11(5-9)19-14(20)7-13(15(19)21)18-8-12-2-1-3-22-12/h1-6,13,18H,7-8H2/t13-/m0/s1. The fourth-order valence-electron chi connectivity index (χ4n) is 2.37. The van der Waals surface area contributed by atoms with Gasteiger partial charge in [0.1, 0.15) is 0 Å². The Morgan fingerprint density at radius 2 is 1.95 bits per heavy atom. The average Bonchev–Trinajstić information content (AvgIpc) is 3.04. The molecule has 0 radical (unpaired) electrons. The van der Waals surface area contributed by atoms with Crippen molar-refractivity contribution in [3.63, 3.8) is 0 Å². The average molecular weight is 355 g/mol. The third-order valence-corrected chi connectivity index (χ3v) is 4.67. The molecule has 1 atom stereocenters. The summed E-state index contributed by atoms with van der Waals surface area (Å²) >= 11 is 13.5. The predicted molar refractivity (Wildman–Crippen MR) is 88.5 cm³/mol. The van der Waals surface area contributed by atoms with Gasteiger partial charge in [0, 0.05) is 21.5 Å². The first-order valence-electron chi connectivity index (χ1n) is 6.63. The lowest BCUT2D eigenvalue weighted by molar-refractivity contribution is -0.121. The van der Waals surface area contributed by atoms with Crippen molar-refractivity contribution < 1.29 is 9.59 Å². The molecular formula is C15H12Cl2N2O2S. The van der Waals surface area contributed by atoms with Crippen LogP contribution in [0, 0.1) is 0 Å². The fraction of sp³-hybridized carbons (Fsp3) is 0.200. The first-order chi connectivity index (χ1) is 10.5. The Labute approximate surface area is 141 Å². The number of hydrogen-bond acceptors (Lipinski definition) is 4. The van der Waals surface area contributed by atoms with Crippen molar-refractivity contribution in [2.75, 3.05) is 4.90 Å². The predicted octanol–water partition coefficient (Wildman–Crippen LogP) is 3.48. The van der Waals surface area contributed by atoms with E-state index < -0.39 is 6.04 Å². The molecule has 3 rings (SSSR count). The highest BCUT2D eigenvalue weighted by atomic mass is 35.5. The van der Waals surface area contributed by atoms with Crippen molar-refractivity contribution in [1.82, 2.24) is 5.32 Å². The van der Waals surface area contributed by atoms with Crippen LogP contribution in [0.2, 0.25) is 10.0 Å². The first-order valence-corrected chi connectivity index (χ1v) is 8.27.